The molecule has 0 radical (unpaired) electrons. The summed E-state index contributed by atoms with van der Waals surface area (Å²) < 4.78 is 10.5. The third-order valence-electron chi connectivity index (χ3n) is 2.91. The summed E-state index contributed by atoms with van der Waals surface area (Å²) in [5.74, 6) is 0.494. The van der Waals surface area contributed by atoms with Crippen LogP contribution in [-0.4, -0.2) is 19.6 Å². The standard InChI is InChI=1S/C15H18N2O3/c1-11(12-6-7-19-9-12)17-13-4-3-5-14(8-13)20-10-15(18)16-2/h3-9,11,17H,10H2,1-2H3,(H,16,18). The highest BCUT2D eigenvalue weighted by molar-refractivity contribution is 5.77. The average molecular weight is 274 g/mol. The van der Waals surface area contributed by atoms with Crippen molar-refractivity contribution in [2.45, 2.75) is 13.0 Å². The van der Waals surface area contributed by atoms with E-state index in [2.05, 4.69) is 10.6 Å². The van der Waals surface area contributed by atoms with Crippen LogP contribution in [0.1, 0.15) is 18.5 Å². The first-order valence-electron chi connectivity index (χ1n) is 6.41. The molecule has 2 rings (SSSR count). The molecule has 5 heteroatoms. The van der Waals surface area contributed by atoms with Crippen LogP contribution in [0.5, 0.6) is 5.75 Å². The summed E-state index contributed by atoms with van der Waals surface area (Å²) >= 11 is 0. The quantitative estimate of drug-likeness (QED) is 0.849. The molecule has 0 bridgehead atoms. The Labute approximate surface area is 117 Å². The monoisotopic (exact) mass is 274 g/mol. The molecule has 1 unspecified atom stereocenters. The first-order valence-corrected chi connectivity index (χ1v) is 6.41. The van der Waals surface area contributed by atoms with Crippen LogP contribution < -0.4 is 15.4 Å². The number of furan rings is 1. The van der Waals surface area contributed by atoms with Crippen LogP contribution in [-0.2, 0) is 4.79 Å². The minimum absolute atomic E-state index is 0.0111. The number of hydrogen-bond donors (Lipinski definition) is 2. The Morgan fingerprint density at radius 2 is 2.25 bits per heavy atom. The molecule has 1 aromatic carbocycles. The van der Waals surface area contributed by atoms with Gasteiger partial charge in [-0.1, -0.05) is 6.07 Å². The minimum atomic E-state index is -0.157. The Hall–Kier alpha value is -2.43. The number of amides is 1. The predicted molar refractivity (Wildman–Crippen MR) is 76.7 cm³/mol. The molecule has 1 amide bonds. The molecule has 5 nitrogen and oxygen atoms in total. The highest BCUT2D eigenvalue weighted by atomic mass is 16.5. The predicted octanol–water partition coefficient (Wildman–Crippen LogP) is 2.58. The molecule has 0 aliphatic heterocycles. The van der Waals surface area contributed by atoms with Gasteiger partial charge in [0.2, 0.25) is 0 Å². The number of carbonyl (C=O) groups is 1. The lowest BCUT2D eigenvalue weighted by molar-refractivity contribution is -0.122. The lowest BCUT2D eigenvalue weighted by Crippen LogP contribution is -2.24. The number of carbonyl (C=O) groups excluding carboxylic acids is 1. The number of hydrogen-bond acceptors (Lipinski definition) is 4. The molecular formula is C15H18N2O3. The zero-order chi connectivity index (χ0) is 14.4. The molecule has 1 aromatic heterocycles. The molecule has 0 saturated heterocycles. The highest BCUT2D eigenvalue weighted by Gasteiger charge is 2.07. The number of nitrogens with one attached hydrogen (secondary N) is 2. The van der Waals surface area contributed by atoms with E-state index in [9.17, 15) is 4.79 Å². The van der Waals surface area contributed by atoms with Gasteiger partial charge in [0.1, 0.15) is 5.75 Å². The maximum Gasteiger partial charge on any atom is 0.257 e. The van der Waals surface area contributed by atoms with Gasteiger partial charge in [-0.25, -0.2) is 0 Å². The molecule has 2 N–H and O–H groups in total. The number of likely N-dealkylation sites (N-methyl/N-ethyl adjacent to an activating group) is 1. The van der Waals surface area contributed by atoms with Crippen LogP contribution in [0.3, 0.4) is 0 Å². The lowest BCUT2D eigenvalue weighted by atomic mass is 10.1. The van der Waals surface area contributed by atoms with Crippen molar-refractivity contribution >= 4 is 11.6 Å². The molecule has 106 valence electrons. The van der Waals surface area contributed by atoms with Crippen molar-refractivity contribution in [2.75, 3.05) is 19.0 Å². The van der Waals surface area contributed by atoms with Gasteiger partial charge in [-0.05, 0) is 25.1 Å². The summed E-state index contributed by atoms with van der Waals surface area (Å²) in [6.45, 7) is 2.06. The van der Waals surface area contributed by atoms with Gasteiger partial charge in [0, 0.05) is 24.4 Å². The van der Waals surface area contributed by atoms with Crippen LogP contribution in [0.2, 0.25) is 0 Å². The van der Waals surface area contributed by atoms with Gasteiger partial charge in [0.15, 0.2) is 6.61 Å². The van der Waals surface area contributed by atoms with E-state index in [4.69, 9.17) is 9.15 Å². The van der Waals surface area contributed by atoms with Crippen molar-refractivity contribution in [3.63, 3.8) is 0 Å². The van der Waals surface area contributed by atoms with Gasteiger partial charge in [-0.2, -0.15) is 0 Å². The molecule has 2 aromatic rings. The fourth-order valence-electron chi connectivity index (χ4n) is 1.75. The normalized spacial score (nSPS) is 11.7. The topological polar surface area (TPSA) is 63.5 Å². The van der Waals surface area contributed by atoms with E-state index in [0.29, 0.717) is 5.75 Å². The van der Waals surface area contributed by atoms with Crippen molar-refractivity contribution in [1.82, 2.24) is 5.32 Å². The maximum atomic E-state index is 11.1. The second-order valence-corrected chi connectivity index (χ2v) is 4.41. The Balaban J connectivity index is 1.97. The van der Waals surface area contributed by atoms with Crippen molar-refractivity contribution in [2.24, 2.45) is 0 Å². The molecular weight excluding hydrogens is 256 g/mol. The summed E-state index contributed by atoms with van der Waals surface area (Å²) in [5, 5.41) is 5.86. The fraction of sp³-hybridized carbons (Fsp3) is 0.267. The van der Waals surface area contributed by atoms with E-state index in [1.54, 1.807) is 19.6 Å². The second kappa shape index (κ2) is 6.65. The maximum absolute atomic E-state index is 11.1. The van der Waals surface area contributed by atoms with Crippen LogP contribution in [0.4, 0.5) is 5.69 Å². The third-order valence-corrected chi connectivity index (χ3v) is 2.91. The molecule has 0 aliphatic rings. The molecule has 0 spiro atoms. The largest absolute Gasteiger partial charge is 0.484 e. The molecule has 1 atom stereocenters. The Kier molecular flexibility index (Phi) is 4.65. The van der Waals surface area contributed by atoms with Gasteiger partial charge in [0.25, 0.3) is 5.91 Å². The van der Waals surface area contributed by atoms with E-state index >= 15 is 0 Å². The summed E-state index contributed by atoms with van der Waals surface area (Å²) in [5.41, 5.74) is 2.00. The SMILES string of the molecule is CNC(=O)COc1cccc(NC(C)c2ccoc2)c1. The average Bonchev–Trinajstić information content (AvgIpc) is 2.99. The number of ether oxygens (including phenoxy) is 1. The first-order chi connectivity index (χ1) is 9.69. The van der Waals surface area contributed by atoms with Gasteiger partial charge >= 0.3 is 0 Å². The fourth-order valence-corrected chi connectivity index (χ4v) is 1.75. The van der Waals surface area contributed by atoms with Crippen molar-refractivity contribution in [1.29, 1.82) is 0 Å². The van der Waals surface area contributed by atoms with E-state index < -0.39 is 0 Å². The Bertz CT molecular complexity index is 552. The van der Waals surface area contributed by atoms with Gasteiger partial charge in [-0.3, -0.25) is 4.79 Å². The van der Waals surface area contributed by atoms with Gasteiger partial charge < -0.3 is 19.8 Å². The van der Waals surface area contributed by atoms with Crippen LogP contribution >= 0.6 is 0 Å². The van der Waals surface area contributed by atoms with E-state index in [1.807, 2.05) is 37.3 Å². The molecule has 0 saturated carbocycles. The molecule has 20 heavy (non-hydrogen) atoms. The summed E-state index contributed by atoms with van der Waals surface area (Å²) in [4.78, 5) is 11.1. The van der Waals surface area contributed by atoms with Gasteiger partial charge in [-0.15, -0.1) is 0 Å². The highest BCUT2D eigenvalue weighted by Crippen LogP contribution is 2.22. The van der Waals surface area contributed by atoms with E-state index in [0.717, 1.165) is 11.3 Å². The smallest absolute Gasteiger partial charge is 0.257 e. The van der Waals surface area contributed by atoms with Crippen LogP contribution in [0.25, 0.3) is 0 Å². The van der Waals surface area contributed by atoms with E-state index in [-0.39, 0.29) is 18.6 Å². The third kappa shape index (κ3) is 3.78. The number of anilines is 1. The minimum Gasteiger partial charge on any atom is -0.484 e. The number of benzene rings is 1. The Morgan fingerprint density at radius 3 is 2.95 bits per heavy atom. The summed E-state index contributed by atoms with van der Waals surface area (Å²) in [6.07, 6.45) is 3.36. The van der Waals surface area contributed by atoms with Gasteiger partial charge in [0.05, 0.1) is 18.6 Å². The van der Waals surface area contributed by atoms with Crippen molar-refractivity contribution < 1.29 is 13.9 Å². The second-order valence-electron chi connectivity index (χ2n) is 4.41. The number of rotatable bonds is 6. The van der Waals surface area contributed by atoms with Crippen LogP contribution in [0.15, 0.2) is 47.3 Å². The Morgan fingerprint density at radius 1 is 1.40 bits per heavy atom. The van der Waals surface area contributed by atoms with E-state index in [1.165, 1.54) is 0 Å². The van der Waals surface area contributed by atoms with Crippen LogP contribution in [0, 0.1) is 0 Å². The molecule has 1 heterocycles. The molecule has 0 fully saturated rings. The summed E-state index contributed by atoms with van der Waals surface area (Å²) in [7, 11) is 1.58. The lowest BCUT2D eigenvalue weighted by Gasteiger charge is -2.14. The molecule has 0 aliphatic carbocycles. The summed E-state index contributed by atoms with van der Waals surface area (Å²) in [6, 6.07) is 9.55. The first kappa shape index (κ1) is 14.0. The zero-order valence-corrected chi connectivity index (χ0v) is 11.6. The van der Waals surface area contributed by atoms with Crippen molar-refractivity contribution in [3.8, 4) is 5.75 Å². The zero-order valence-electron chi connectivity index (χ0n) is 11.6. The van der Waals surface area contributed by atoms with Crippen molar-refractivity contribution in [3.05, 3.63) is 48.4 Å².